The van der Waals surface area contributed by atoms with Gasteiger partial charge in [-0.25, -0.2) is 4.79 Å². The molecule has 0 fully saturated rings. The van der Waals surface area contributed by atoms with Crippen LogP contribution in [0.25, 0.3) is 0 Å². The van der Waals surface area contributed by atoms with Crippen molar-refractivity contribution in [1.82, 2.24) is 15.0 Å². The first-order valence-electron chi connectivity index (χ1n) is 3.37. The zero-order valence-corrected chi connectivity index (χ0v) is 6.48. The van der Waals surface area contributed by atoms with Crippen LogP contribution in [0.3, 0.4) is 0 Å². The van der Waals surface area contributed by atoms with Crippen LogP contribution in [-0.4, -0.2) is 26.1 Å². The van der Waals surface area contributed by atoms with Crippen LogP contribution in [0.5, 0.6) is 0 Å². The average molecular weight is 165 g/mol. The van der Waals surface area contributed by atoms with E-state index in [9.17, 15) is 4.79 Å². The van der Waals surface area contributed by atoms with E-state index in [1.54, 1.807) is 0 Å². The molecule has 0 saturated carbocycles. The molecule has 1 aromatic rings. The summed E-state index contributed by atoms with van der Waals surface area (Å²) in [5.74, 6) is 3.14. The van der Waals surface area contributed by atoms with E-state index in [0.717, 1.165) is 0 Å². The zero-order valence-electron chi connectivity index (χ0n) is 6.48. The molecule has 0 saturated heterocycles. The van der Waals surface area contributed by atoms with Crippen molar-refractivity contribution in [2.75, 3.05) is 0 Å². The van der Waals surface area contributed by atoms with Crippen molar-refractivity contribution in [3.63, 3.8) is 0 Å². The van der Waals surface area contributed by atoms with Crippen LogP contribution in [0.1, 0.15) is 12.6 Å². The molecule has 0 spiro atoms. The molecule has 0 unspecified atom stereocenters. The van der Waals surface area contributed by atoms with Gasteiger partial charge in [0.2, 0.25) is 0 Å². The molecule has 0 atom stereocenters. The van der Waals surface area contributed by atoms with Gasteiger partial charge in [0.15, 0.2) is 5.69 Å². The molecular weight excluding hydrogens is 158 g/mol. The SMILES string of the molecule is CCn1ncc(C#CC(=O)O)n1. The summed E-state index contributed by atoms with van der Waals surface area (Å²) in [7, 11) is 0. The molecule has 0 aliphatic rings. The number of carboxylic acid groups (broad SMARTS) is 1. The second-order valence-electron chi connectivity index (χ2n) is 1.97. The van der Waals surface area contributed by atoms with Crippen LogP contribution in [0.4, 0.5) is 0 Å². The van der Waals surface area contributed by atoms with E-state index in [1.165, 1.54) is 11.0 Å². The Morgan fingerprint density at radius 3 is 3.08 bits per heavy atom. The molecular formula is C7H7N3O2. The van der Waals surface area contributed by atoms with Gasteiger partial charge in [0, 0.05) is 5.92 Å². The fourth-order valence-electron chi connectivity index (χ4n) is 0.624. The molecule has 62 valence electrons. The lowest BCUT2D eigenvalue weighted by atomic mass is 10.5. The molecule has 1 N–H and O–H groups in total. The standard InChI is InChI=1S/C7H7N3O2/c1-2-10-8-5-6(9-10)3-4-7(11)12/h5H,2H2,1H3,(H,11,12). The molecule has 5 heteroatoms. The number of aliphatic carboxylic acids is 1. The fourth-order valence-corrected chi connectivity index (χ4v) is 0.624. The van der Waals surface area contributed by atoms with Crippen LogP contribution in [0.15, 0.2) is 6.20 Å². The molecule has 0 aliphatic carbocycles. The number of aromatic nitrogens is 3. The minimum absolute atomic E-state index is 0.374. The fraction of sp³-hybridized carbons (Fsp3) is 0.286. The highest BCUT2D eigenvalue weighted by Gasteiger charge is 1.93. The average Bonchev–Trinajstić information content (AvgIpc) is 2.48. The molecule has 0 bridgehead atoms. The smallest absolute Gasteiger partial charge is 0.382 e. The van der Waals surface area contributed by atoms with Crippen LogP contribution in [0, 0.1) is 11.8 Å². The number of hydrogen-bond acceptors (Lipinski definition) is 3. The first kappa shape index (κ1) is 8.27. The van der Waals surface area contributed by atoms with Gasteiger partial charge in [-0.1, -0.05) is 0 Å². The molecule has 0 radical (unpaired) electrons. The number of carbonyl (C=O) groups is 1. The van der Waals surface area contributed by atoms with E-state index in [1.807, 2.05) is 12.8 Å². The van der Waals surface area contributed by atoms with E-state index in [2.05, 4.69) is 16.1 Å². The number of aryl methyl sites for hydroxylation is 1. The van der Waals surface area contributed by atoms with E-state index in [4.69, 9.17) is 5.11 Å². The maximum absolute atomic E-state index is 10.0. The van der Waals surface area contributed by atoms with E-state index >= 15 is 0 Å². The summed E-state index contributed by atoms with van der Waals surface area (Å²) in [5, 5.41) is 15.9. The summed E-state index contributed by atoms with van der Waals surface area (Å²) in [5.41, 5.74) is 0.374. The number of carboxylic acids is 1. The van der Waals surface area contributed by atoms with E-state index in [-0.39, 0.29) is 0 Å². The largest absolute Gasteiger partial charge is 0.472 e. The van der Waals surface area contributed by atoms with Crippen molar-refractivity contribution in [3.05, 3.63) is 11.9 Å². The van der Waals surface area contributed by atoms with Crippen LogP contribution in [0.2, 0.25) is 0 Å². The normalized spacial score (nSPS) is 8.75. The molecule has 0 aliphatic heterocycles. The van der Waals surface area contributed by atoms with Gasteiger partial charge in [-0.2, -0.15) is 9.90 Å². The molecule has 5 nitrogen and oxygen atoms in total. The number of rotatable bonds is 1. The summed E-state index contributed by atoms with van der Waals surface area (Å²) in [6.07, 6.45) is 1.43. The lowest BCUT2D eigenvalue weighted by Gasteiger charge is -1.86. The molecule has 0 amide bonds. The Kier molecular flexibility index (Phi) is 2.43. The van der Waals surface area contributed by atoms with E-state index < -0.39 is 5.97 Å². The Bertz CT molecular complexity index is 345. The molecule has 1 heterocycles. The van der Waals surface area contributed by atoms with Gasteiger partial charge in [0.25, 0.3) is 0 Å². The minimum Gasteiger partial charge on any atom is -0.472 e. The van der Waals surface area contributed by atoms with Gasteiger partial charge in [0.1, 0.15) is 0 Å². The second kappa shape index (κ2) is 3.53. The van der Waals surface area contributed by atoms with Gasteiger partial charge in [-0.15, -0.1) is 5.10 Å². The van der Waals surface area contributed by atoms with Crippen molar-refractivity contribution in [2.45, 2.75) is 13.5 Å². The Morgan fingerprint density at radius 2 is 2.58 bits per heavy atom. The monoisotopic (exact) mass is 165 g/mol. The predicted octanol–water partition coefficient (Wildman–Crippen LogP) is -0.266. The second-order valence-corrected chi connectivity index (χ2v) is 1.97. The topological polar surface area (TPSA) is 68.0 Å². The van der Waals surface area contributed by atoms with Crippen LogP contribution < -0.4 is 0 Å². The van der Waals surface area contributed by atoms with Crippen molar-refractivity contribution >= 4 is 5.97 Å². The lowest BCUT2D eigenvalue weighted by molar-refractivity contribution is -0.130. The molecule has 1 aromatic heterocycles. The third-order valence-corrected chi connectivity index (χ3v) is 1.12. The first-order valence-corrected chi connectivity index (χ1v) is 3.37. The molecule has 1 rings (SSSR count). The van der Waals surface area contributed by atoms with Gasteiger partial charge in [-0.05, 0) is 12.8 Å². The van der Waals surface area contributed by atoms with Gasteiger partial charge >= 0.3 is 5.97 Å². The molecule has 0 aromatic carbocycles. The Hall–Kier alpha value is -1.83. The van der Waals surface area contributed by atoms with Crippen LogP contribution >= 0.6 is 0 Å². The van der Waals surface area contributed by atoms with Crippen molar-refractivity contribution in [1.29, 1.82) is 0 Å². The minimum atomic E-state index is -1.17. The highest BCUT2D eigenvalue weighted by Crippen LogP contribution is 1.87. The van der Waals surface area contributed by atoms with Gasteiger partial charge in [-0.3, -0.25) is 0 Å². The summed E-state index contributed by atoms with van der Waals surface area (Å²) in [4.78, 5) is 11.5. The summed E-state index contributed by atoms with van der Waals surface area (Å²) >= 11 is 0. The Morgan fingerprint density at radius 1 is 1.83 bits per heavy atom. The van der Waals surface area contributed by atoms with Crippen molar-refractivity contribution < 1.29 is 9.90 Å². The van der Waals surface area contributed by atoms with Gasteiger partial charge < -0.3 is 5.11 Å². The summed E-state index contributed by atoms with van der Waals surface area (Å²) < 4.78 is 0. The number of nitrogens with zero attached hydrogens (tertiary/aromatic N) is 3. The number of hydrogen-bond donors (Lipinski definition) is 1. The first-order chi connectivity index (χ1) is 5.72. The molecule has 12 heavy (non-hydrogen) atoms. The van der Waals surface area contributed by atoms with Crippen molar-refractivity contribution in [2.24, 2.45) is 0 Å². The van der Waals surface area contributed by atoms with E-state index in [0.29, 0.717) is 12.2 Å². The van der Waals surface area contributed by atoms with Crippen LogP contribution in [-0.2, 0) is 11.3 Å². The Labute approximate surface area is 69.0 Å². The summed E-state index contributed by atoms with van der Waals surface area (Å²) in [6.45, 7) is 2.53. The maximum Gasteiger partial charge on any atom is 0.382 e. The Balaban J connectivity index is 2.78. The highest BCUT2D eigenvalue weighted by atomic mass is 16.4. The maximum atomic E-state index is 10.0. The third kappa shape index (κ3) is 2.09. The predicted molar refractivity (Wildman–Crippen MR) is 40.2 cm³/mol. The quantitative estimate of drug-likeness (QED) is 0.582. The highest BCUT2D eigenvalue weighted by molar-refractivity contribution is 5.87. The van der Waals surface area contributed by atoms with Gasteiger partial charge in [0.05, 0.1) is 12.7 Å². The van der Waals surface area contributed by atoms with Crippen molar-refractivity contribution in [3.8, 4) is 11.8 Å². The lowest BCUT2D eigenvalue weighted by Crippen LogP contribution is -1.98. The third-order valence-electron chi connectivity index (χ3n) is 1.12. The zero-order chi connectivity index (χ0) is 8.97. The summed E-state index contributed by atoms with van der Waals surface area (Å²) in [6, 6.07) is 0.